The minimum absolute atomic E-state index is 0.220. The fourth-order valence-electron chi connectivity index (χ4n) is 1.91. The van der Waals surface area contributed by atoms with Crippen molar-refractivity contribution < 1.29 is 23.9 Å². The molecule has 1 aromatic rings. The first-order valence-corrected chi connectivity index (χ1v) is 9.21. The van der Waals surface area contributed by atoms with E-state index in [2.05, 4.69) is 36.6 Å². The van der Waals surface area contributed by atoms with E-state index in [1.165, 1.54) is 12.0 Å². The van der Waals surface area contributed by atoms with Crippen LogP contribution in [0, 0.1) is 0 Å². The molecule has 9 heteroatoms. The molecule has 1 saturated heterocycles. The second-order valence-electron chi connectivity index (χ2n) is 4.60. The number of likely N-dealkylation sites (N-methyl/N-ethyl adjacent to an activating group) is 1. The van der Waals surface area contributed by atoms with Crippen LogP contribution in [-0.4, -0.2) is 42.3 Å². The number of rotatable bonds is 5. The fourth-order valence-corrected chi connectivity index (χ4v) is 4.27. The molecule has 1 aromatic carbocycles. The van der Waals surface area contributed by atoms with Gasteiger partial charge in [0.15, 0.2) is 6.61 Å². The summed E-state index contributed by atoms with van der Waals surface area (Å²) in [6.45, 7) is 1.87. The normalized spacial score (nSPS) is 16.0. The Morgan fingerprint density at radius 1 is 1.29 bits per heavy atom. The highest BCUT2D eigenvalue weighted by Gasteiger charge is 2.33. The lowest BCUT2D eigenvalue weighted by Gasteiger charge is -2.10. The summed E-state index contributed by atoms with van der Waals surface area (Å²) in [5, 5.41) is -0.273. The van der Waals surface area contributed by atoms with Gasteiger partial charge in [0.05, 0.1) is 21.0 Å². The van der Waals surface area contributed by atoms with E-state index < -0.39 is 5.97 Å². The number of hydrogen-bond acceptors (Lipinski definition) is 6. The number of amides is 2. The first-order valence-electron chi connectivity index (χ1n) is 6.81. The second kappa shape index (κ2) is 8.17. The summed E-state index contributed by atoms with van der Waals surface area (Å²) < 4.78 is 11.1. The van der Waals surface area contributed by atoms with Crippen molar-refractivity contribution in [1.82, 2.24) is 4.90 Å². The van der Waals surface area contributed by atoms with E-state index in [4.69, 9.17) is 4.74 Å². The van der Waals surface area contributed by atoms with Crippen LogP contribution in [0.3, 0.4) is 0 Å². The van der Waals surface area contributed by atoms with E-state index in [9.17, 15) is 14.4 Å². The van der Waals surface area contributed by atoms with Gasteiger partial charge in [-0.1, -0.05) is 0 Å². The first kappa shape index (κ1) is 19.0. The lowest BCUT2D eigenvalue weighted by molar-refractivity contribution is -0.143. The molecule has 0 N–H and O–H groups in total. The predicted octanol–water partition coefficient (Wildman–Crippen LogP) is 3.82. The number of methoxy groups -OCH3 is 1. The summed E-state index contributed by atoms with van der Waals surface area (Å²) in [4.78, 5) is 36.6. The van der Waals surface area contributed by atoms with Gasteiger partial charge in [-0.25, -0.2) is 4.79 Å². The van der Waals surface area contributed by atoms with Crippen LogP contribution in [0.5, 0.6) is 5.75 Å². The molecule has 0 aliphatic carbocycles. The van der Waals surface area contributed by atoms with Crippen LogP contribution in [-0.2, 0) is 14.3 Å². The summed E-state index contributed by atoms with van der Waals surface area (Å²) >= 11 is 7.64. The van der Waals surface area contributed by atoms with Crippen LogP contribution in [0.2, 0.25) is 0 Å². The van der Waals surface area contributed by atoms with E-state index in [1.54, 1.807) is 25.1 Å². The third kappa shape index (κ3) is 4.20. The molecule has 2 rings (SSSR count). The topological polar surface area (TPSA) is 72.9 Å². The monoisotopic (exact) mass is 477 g/mol. The molecular formula is C15H13Br2NO5S. The molecule has 24 heavy (non-hydrogen) atoms. The number of halogens is 2. The SMILES string of the molecule is CCN1C(=O)S/C(=C/c2cc(Br)c(OCC(=O)OC)c(Br)c2)C1=O. The number of esters is 1. The maximum atomic E-state index is 12.1. The third-order valence-corrected chi connectivity index (χ3v) is 5.16. The Bertz CT molecular complexity index is 712. The summed E-state index contributed by atoms with van der Waals surface area (Å²) in [6, 6.07) is 3.47. The van der Waals surface area contributed by atoms with Crippen LogP contribution in [0.4, 0.5) is 4.79 Å². The molecule has 1 aliphatic heterocycles. The molecule has 0 unspecified atom stereocenters. The smallest absolute Gasteiger partial charge is 0.343 e. The quantitative estimate of drug-likeness (QED) is 0.473. The van der Waals surface area contributed by atoms with Crippen molar-refractivity contribution in [2.75, 3.05) is 20.3 Å². The highest BCUT2D eigenvalue weighted by Crippen LogP contribution is 2.37. The molecule has 0 aromatic heterocycles. The predicted molar refractivity (Wildman–Crippen MR) is 97.7 cm³/mol. The van der Waals surface area contributed by atoms with Gasteiger partial charge in [-0.15, -0.1) is 0 Å². The largest absolute Gasteiger partial charge is 0.480 e. The van der Waals surface area contributed by atoms with E-state index >= 15 is 0 Å². The molecule has 6 nitrogen and oxygen atoms in total. The molecule has 0 radical (unpaired) electrons. The van der Waals surface area contributed by atoms with Crippen molar-refractivity contribution in [1.29, 1.82) is 0 Å². The van der Waals surface area contributed by atoms with Gasteiger partial charge in [-0.3, -0.25) is 14.5 Å². The number of benzene rings is 1. The van der Waals surface area contributed by atoms with E-state index in [1.807, 2.05) is 0 Å². The van der Waals surface area contributed by atoms with Gasteiger partial charge >= 0.3 is 5.97 Å². The molecule has 2 amide bonds. The molecule has 0 saturated carbocycles. The highest BCUT2D eigenvalue weighted by molar-refractivity contribution is 9.11. The Kier molecular flexibility index (Phi) is 6.47. The van der Waals surface area contributed by atoms with Crippen LogP contribution in [0.15, 0.2) is 26.0 Å². The molecule has 1 aliphatic rings. The maximum absolute atomic E-state index is 12.1. The lowest BCUT2D eigenvalue weighted by Crippen LogP contribution is -2.27. The lowest BCUT2D eigenvalue weighted by atomic mass is 10.2. The zero-order valence-electron chi connectivity index (χ0n) is 12.8. The molecule has 128 valence electrons. The average molecular weight is 479 g/mol. The Hall–Kier alpha value is -1.32. The first-order chi connectivity index (χ1) is 11.4. The van der Waals surface area contributed by atoms with Gasteiger partial charge in [0, 0.05) is 6.54 Å². The summed E-state index contributed by atoms with van der Waals surface area (Å²) in [5.74, 6) is -0.351. The van der Waals surface area contributed by atoms with Gasteiger partial charge in [-0.2, -0.15) is 0 Å². The van der Waals surface area contributed by atoms with Crippen molar-refractivity contribution in [2.24, 2.45) is 0 Å². The van der Waals surface area contributed by atoms with Gasteiger partial charge in [0.25, 0.3) is 11.1 Å². The van der Waals surface area contributed by atoms with Crippen molar-refractivity contribution in [3.05, 3.63) is 31.5 Å². The van der Waals surface area contributed by atoms with Gasteiger partial charge in [0.2, 0.25) is 0 Å². The second-order valence-corrected chi connectivity index (χ2v) is 7.31. The van der Waals surface area contributed by atoms with Crippen LogP contribution >= 0.6 is 43.6 Å². The van der Waals surface area contributed by atoms with Gasteiger partial charge in [0.1, 0.15) is 5.75 Å². The average Bonchev–Trinajstić information content (AvgIpc) is 2.79. The van der Waals surface area contributed by atoms with Crippen molar-refractivity contribution in [3.8, 4) is 5.75 Å². The van der Waals surface area contributed by atoms with Crippen molar-refractivity contribution in [3.63, 3.8) is 0 Å². The number of thioether (sulfide) groups is 1. The van der Waals surface area contributed by atoms with Gasteiger partial charge in [-0.05, 0) is 74.3 Å². The van der Waals surface area contributed by atoms with Crippen LogP contribution in [0.1, 0.15) is 12.5 Å². The number of nitrogens with zero attached hydrogens (tertiary/aromatic N) is 1. The standard InChI is InChI=1S/C15H13Br2NO5S/c1-3-18-14(20)11(24-15(18)21)6-8-4-9(16)13(10(17)5-8)23-7-12(19)22-2/h4-6H,3,7H2,1-2H3/b11-6+. The Labute approximate surface area is 159 Å². The number of imide groups is 1. The van der Waals surface area contributed by atoms with Crippen LogP contribution in [0.25, 0.3) is 6.08 Å². The Morgan fingerprint density at radius 3 is 2.42 bits per heavy atom. The number of carbonyl (C=O) groups excluding carboxylic acids is 3. The Morgan fingerprint density at radius 2 is 1.92 bits per heavy atom. The Balaban J connectivity index is 2.24. The highest BCUT2D eigenvalue weighted by atomic mass is 79.9. The number of hydrogen-bond donors (Lipinski definition) is 0. The molecular weight excluding hydrogens is 466 g/mol. The minimum Gasteiger partial charge on any atom is -0.480 e. The van der Waals surface area contributed by atoms with Crippen molar-refractivity contribution in [2.45, 2.75) is 6.92 Å². The molecule has 1 fully saturated rings. The molecule has 0 bridgehead atoms. The van der Waals surface area contributed by atoms with E-state index in [0.29, 0.717) is 31.7 Å². The minimum atomic E-state index is -0.494. The van der Waals surface area contributed by atoms with E-state index in [0.717, 1.165) is 11.8 Å². The summed E-state index contributed by atoms with van der Waals surface area (Å²) in [6.07, 6.45) is 1.64. The fraction of sp³-hybridized carbons (Fsp3) is 0.267. The zero-order valence-corrected chi connectivity index (χ0v) is 16.8. The van der Waals surface area contributed by atoms with Crippen molar-refractivity contribution >= 4 is 66.8 Å². The summed E-state index contributed by atoms with van der Waals surface area (Å²) in [7, 11) is 1.28. The number of ether oxygens (including phenoxy) is 2. The molecule has 0 atom stereocenters. The molecule has 0 spiro atoms. The molecule has 1 heterocycles. The zero-order chi connectivity index (χ0) is 17.9. The van der Waals surface area contributed by atoms with E-state index in [-0.39, 0.29) is 17.8 Å². The summed E-state index contributed by atoms with van der Waals surface area (Å²) in [5.41, 5.74) is 0.709. The number of carbonyl (C=O) groups is 3. The third-order valence-electron chi connectivity index (χ3n) is 3.07. The van der Waals surface area contributed by atoms with Gasteiger partial charge < -0.3 is 9.47 Å². The van der Waals surface area contributed by atoms with Crippen LogP contribution < -0.4 is 4.74 Å². The maximum Gasteiger partial charge on any atom is 0.343 e.